The Balaban J connectivity index is 1.50. The summed E-state index contributed by atoms with van der Waals surface area (Å²) in [7, 11) is 0. The molecule has 3 fully saturated rings. The number of carbonyl (C=O) groups is 1. The van der Waals surface area contributed by atoms with Crippen LogP contribution in [0.2, 0.25) is 0 Å². The van der Waals surface area contributed by atoms with Crippen LogP contribution in [0.3, 0.4) is 0 Å². The zero-order valence-electron chi connectivity index (χ0n) is 17.6. The van der Waals surface area contributed by atoms with Crippen LogP contribution >= 0.6 is 0 Å². The van der Waals surface area contributed by atoms with Crippen molar-refractivity contribution in [2.24, 2.45) is 28.6 Å². The lowest BCUT2D eigenvalue weighted by molar-refractivity contribution is -0.117. The van der Waals surface area contributed by atoms with Gasteiger partial charge in [0.05, 0.1) is 0 Å². The largest absolute Gasteiger partial charge is 0.295 e. The van der Waals surface area contributed by atoms with Crippen LogP contribution in [0.5, 0.6) is 0 Å². The van der Waals surface area contributed by atoms with Crippen molar-refractivity contribution in [2.75, 3.05) is 0 Å². The van der Waals surface area contributed by atoms with Gasteiger partial charge in [0.15, 0.2) is 5.78 Å². The van der Waals surface area contributed by atoms with E-state index >= 15 is 0 Å². The number of halogens is 1. The van der Waals surface area contributed by atoms with Crippen LogP contribution in [-0.4, -0.2) is 5.78 Å². The molecule has 0 aliphatic heterocycles. The molecule has 0 aromatic heterocycles. The Morgan fingerprint density at radius 1 is 0.893 bits per heavy atom. The van der Waals surface area contributed by atoms with Crippen molar-refractivity contribution in [3.63, 3.8) is 0 Å². The van der Waals surface area contributed by atoms with E-state index in [0.29, 0.717) is 5.78 Å². The first kappa shape index (κ1) is 18.6. The highest BCUT2D eigenvalue weighted by molar-refractivity contribution is 5.91. The molecule has 2 heteroatoms. The van der Waals surface area contributed by atoms with Gasteiger partial charge >= 0.3 is 0 Å². The zero-order chi connectivity index (χ0) is 19.7. The number of hydrogen-bond donors (Lipinski definition) is 0. The van der Waals surface area contributed by atoms with Crippen LogP contribution in [0.25, 0.3) is 0 Å². The minimum absolute atomic E-state index is 0.135. The second-order valence-corrected chi connectivity index (χ2v) is 10.8. The van der Waals surface area contributed by atoms with Crippen molar-refractivity contribution in [3.05, 3.63) is 47.3 Å². The summed E-state index contributed by atoms with van der Waals surface area (Å²) in [5.74, 6) is 2.46. The number of ketones is 1. The number of carbonyl (C=O) groups excluding carboxylic acids is 1. The molecule has 0 radical (unpaired) electrons. The molecule has 6 atom stereocenters. The molecule has 1 nitrogen and oxygen atoms in total. The molecule has 4 aliphatic carbocycles. The summed E-state index contributed by atoms with van der Waals surface area (Å²) >= 11 is 0. The molecule has 1 unspecified atom stereocenters. The number of hydrogen-bond acceptors (Lipinski definition) is 1. The van der Waals surface area contributed by atoms with Gasteiger partial charge in [-0.15, -0.1) is 0 Å². The van der Waals surface area contributed by atoms with E-state index in [1.54, 1.807) is 12.1 Å². The summed E-state index contributed by atoms with van der Waals surface area (Å²) in [5, 5.41) is 0. The lowest BCUT2D eigenvalue weighted by Crippen LogP contribution is -2.53. The van der Waals surface area contributed by atoms with Gasteiger partial charge in [0.1, 0.15) is 5.82 Å². The number of fused-ring (bicyclic) bond motifs is 5. The van der Waals surface area contributed by atoms with E-state index in [1.165, 1.54) is 43.2 Å². The molecule has 4 aliphatic rings. The van der Waals surface area contributed by atoms with Crippen molar-refractivity contribution in [2.45, 2.75) is 77.6 Å². The third-order valence-electron chi connectivity index (χ3n) is 10.0. The summed E-state index contributed by atoms with van der Waals surface area (Å²) in [5.41, 5.74) is 3.44. The molecule has 1 aromatic rings. The second-order valence-electron chi connectivity index (χ2n) is 10.8. The minimum atomic E-state index is -0.137. The average molecular weight is 381 g/mol. The quantitative estimate of drug-likeness (QED) is 0.535. The van der Waals surface area contributed by atoms with Crippen molar-refractivity contribution >= 4 is 5.78 Å². The van der Waals surface area contributed by atoms with Gasteiger partial charge in [-0.3, -0.25) is 4.79 Å². The number of rotatable bonds is 1. The molecule has 3 saturated carbocycles. The standard InChI is InChI=1S/C26H33FO/c1-24-13-10-20(28)16-18(24)6-9-21-22(24)11-15-26(3)23(21)12-14-25(26,2)17-4-7-19(27)8-5-17/h4-5,7-8,16,21-23H,6,9-15H2,1-3H3/t21?,22-,23-,24-,25+,26-/m0/s1. The zero-order valence-corrected chi connectivity index (χ0v) is 17.6. The van der Waals surface area contributed by atoms with Crippen molar-refractivity contribution < 1.29 is 9.18 Å². The van der Waals surface area contributed by atoms with E-state index in [1.807, 2.05) is 18.2 Å². The van der Waals surface area contributed by atoms with Crippen molar-refractivity contribution in [1.82, 2.24) is 0 Å². The Bertz CT molecular complexity index is 838. The summed E-state index contributed by atoms with van der Waals surface area (Å²) in [4.78, 5) is 12.0. The van der Waals surface area contributed by atoms with Crippen LogP contribution < -0.4 is 0 Å². The minimum Gasteiger partial charge on any atom is -0.295 e. The summed E-state index contributed by atoms with van der Waals surface area (Å²) in [6.45, 7) is 7.43. The average Bonchev–Trinajstić information content (AvgIpc) is 2.95. The molecule has 150 valence electrons. The van der Waals surface area contributed by atoms with Crippen LogP contribution in [0, 0.1) is 34.4 Å². The molecule has 0 heterocycles. The molecular weight excluding hydrogens is 347 g/mol. The predicted molar refractivity (Wildman–Crippen MR) is 110 cm³/mol. The Labute approximate surface area is 168 Å². The molecule has 5 rings (SSSR count). The van der Waals surface area contributed by atoms with Gasteiger partial charge in [0.2, 0.25) is 0 Å². The van der Waals surface area contributed by atoms with Crippen LogP contribution in [0.15, 0.2) is 35.9 Å². The van der Waals surface area contributed by atoms with E-state index in [-0.39, 0.29) is 22.1 Å². The molecule has 1 aromatic carbocycles. The van der Waals surface area contributed by atoms with E-state index in [4.69, 9.17) is 0 Å². The lowest BCUT2D eigenvalue weighted by atomic mass is 9.45. The van der Waals surface area contributed by atoms with Gasteiger partial charge in [-0.05, 0) is 103 Å². The Morgan fingerprint density at radius 2 is 1.61 bits per heavy atom. The fourth-order valence-electron chi connectivity index (χ4n) is 8.12. The maximum atomic E-state index is 13.5. The normalized spacial score (nSPS) is 45.1. The fourth-order valence-corrected chi connectivity index (χ4v) is 8.12. The third kappa shape index (κ3) is 2.33. The first-order valence-electron chi connectivity index (χ1n) is 11.3. The maximum Gasteiger partial charge on any atom is 0.155 e. The monoisotopic (exact) mass is 380 g/mol. The smallest absolute Gasteiger partial charge is 0.155 e. The highest BCUT2D eigenvalue weighted by Gasteiger charge is 2.62. The molecule has 0 bridgehead atoms. The SMILES string of the molecule is C[C@]12CCC(=O)C=C1CCC1[C@@H]2CC[C@@]2(C)[C@H]1CC[C@]2(C)c1ccc(F)cc1. The maximum absolute atomic E-state index is 13.5. The highest BCUT2D eigenvalue weighted by atomic mass is 19.1. The van der Waals surface area contributed by atoms with E-state index in [9.17, 15) is 9.18 Å². The van der Waals surface area contributed by atoms with E-state index < -0.39 is 0 Å². The number of benzene rings is 1. The summed E-state index contributed by atoms with van der Waals surface area (Å²) in [6.07, 6.45) is 11.2. The third-order valence-corrected chi connectivity index (χ3v) is 10.0. The van der Waals surface area contributed by atoms with Gasteiger partial charge in [-0.25, -0.2) is 4.39 Å². The second kappa shape index (κ2) is 6.03. The molecule has 28 heavy (non-hydrogen) atoms. The van der Waals surface area contributed by atoms with Gasteiger partial charge in [0.25, 0.3) is 0 Å². The molecule has 0 amide bonds. The molecule has 0 N–H and O–H groups in total. The van der Waals surface area contributed by atoms with Crippen molar-refractivity contribution in [3.8, 4) is 0 Å². The van der Waals surface area contributed by atoms with Gasteiger partial charge in [0, 0.05) is 6.42 Å². The summed E-state index contributed by atoms with van der Waals surface area (Å²) < 4.78 is 13.5. The van der Waals surface area contributed by atoms with Gasteiger partial charge in [-0.1, -0.05) is 38.5 Å². The van der Waals surface area contributed by atoms with E-state index in [2.05, 4.69) is 20.8 Å². The van der Waals surface area contributed by atoms with Crippen LogP contribution in [0.4, 0.5) is 4.39 Å². The van der Waals surface area contributed by atoms with Gasteiger partial charge < -0.3 is 0 Å². The first-order chi connectivity index (χ1) is 13.3. The highest BCUT2D eigenvalue weighted by Crippen LogP contribution is 2.70. The fraction of sp³-hybridized carbons (Fsp3) is 0.654. The van der Waals surface area contributed by atoms with Crippen molar-refractivity contribution in [1.29, 1.82) is 0 Å². The Hall–Kier alpha value is -1.44. The van der Waals surface area contributed by atoms with Crippen LogP contribution in [-0.2, 0) is 10.2 Å². The Morgan fingerprint density at radius 3 is 2.36 bits per heavy atom. The summed E-state index contributed by atoms with van der Waals surface area (Å²) in [6, 6.07) is 7.34. The first-order valence-corrected chi connectivity index (χ1v) is 11.3. The van der Waals surface area contributed by atoms with Crippen LogP contribution in [0.1, 0.15) is 77.7 Å². The molecule has 0 saturated heterocycles. The Kier molecular flexibility index (Phi) is 4.00. The molecular formula is C26H33FO. The number of allylic oxidation sites excluding steroid dienone is 1. The van der Waals surface area contributed by atoms with E-state index in [0.717, 1.165) is 37.0 Å². The van der Waals surface area contributed by atoms with Gasteiger partial charge in [-0.2, -0.15) is 0 Å². The molecule has 0 spiro atoms. The lowest BCUT2D eigenvalue weighted by Gasteiger charge is -2.59. The topological polar surface area (TPSA) is 17.1 Å². The predicted octanol–water partition coefficient (Wildman–Crippen LogP) is 6.62.